The predicted molar refractivity (Wildman–Crippen MR) is 114 cm³/mol. The van der Waals surface area contributed by atoms with E-state index in [2.05, 4.69) is 10.3 Å². The molecule has 0 saturated carbocycles. The molecule has 0 aliphatic heterocycles. The third-order valence-corrected chi connectivity index (χ3v) is 4.87. The van der Waals surface area contributed by atoms with Crippen molar-refractivity contribution in [2.24, 2.45) is 0 Å². The topological polar surface area (TPSA) is 95.7 Å². The van der Waals surface area contributed by atoms with Gasteiger partial charge < -0.3 is 25.3 Å². The van der Waals surface area contributed by atoms with Crippen molar-refractivity contribution in [2.75, 3.05) is 33.1 Å². The fourth-order valence-corrected chi connectivity index (χ4v) is 3.33. The van der Waals surface area contributed by atoms with E-state index >= 15 is 0 Å². The van der Waals surface area contributed by atoms with Crippen molar-refractivity contribution in [3.05, 3.63) is 52.9 Å². The number of nitrogens with two attached hydrogens (primary N) is 1. The third-order valence-electron chi connectivity index (χ3n) is 4.28. The molecule has 1 aromatic heterocycles. The van der Waals surface area contributed by atoms with E-state index in [9.17, 15) is 4.79 Å². The van der Waals surface area contributed by atoms with Gasteiger partial charge in [-0.25, -0.2) is 4.98 Å². The minimum atomic E-state index is -0.214. The Bertz CT molecular complexity index is 961. The molecule has 0 atom stereocenters. The molecule has 0 bridgehead atoms. The number of benzene rings is 2. The molecule has 0 aliphatic rings. The van der Waals surface area contributed by atoms with Crippen LogP contribution in [0.25, 0.3) is 11.3 Å². The van der Waals surface area contributed by atoms with Crippen LogP contribution < -0.4 is 25.3 Å². The Hall–Kier alpha value is -3.26. The van der Waals surface area contributed by atoms with Gasteiger partial charge in [-0.05, 0) is 42.3 Å². The van der Waals surface area contributed by atoms with E-state index in [-0.39, 0.29) is 12.5 Å². The molecule has 8 heteroatoms. The monoisotopic (exact) mass is 413 g/mol. The van der Waals surface area contributed by atoms with Gasteiger partial charge in [-0.1, -0.05) is 6.07 Å². The molecule has 0 aliphatic carbocycles. The maximum absolute atomic E-state index is 12.1. The molecule has 0 spiro atoms. The zero-order valence-electron chi connectivity index (χ0n) is 16.3. The molecule has 0 unspecified atom stereocenters. The lowest BCUT2D eigenvalue weighted by molar-refractivity contribution is -0.123. The number of amides is 1. The molecule has 2 aromatic carbocycles. The van der Waals surface area contributed by atoms with Crippen molar-refractivity contribution in [3.63, 3.8) is 0 Å². The van der Waals surface area contributed by atoms with Gasteiger partial charge in [0.15, 0.2) is 18.1 Å². The molecule has 1 amide bonds. The van der Waals surface area contributed by atoms with Crippen LogP contribution >= 0.6 is 11.3 Å². The van der Waals surface area contributed by atoms with E-state index in [4.69, 9.17) is 19.9 Å². The molecule has 0 fully saturated rings. The minimum absolute atomic E-state index is 0.105. The Morgan fingerprint density at radius 1 is 1.10 bits per heavy atom. The number of nitrogen functional groups attached to an aromatic ring is 1. The summed E-state index contributed by atoms with van der Waals surface area (Å²) in [4.78, 5) is 16.3. The first kappa shape index (κ1) is 20.5. The number of aromatic nitrogens is 1. The number of ether oxygens (including phenoxy) is 3. The number of methoxy groups -OCH3 is 2. The van der Waals surface area contributed by atoms with Gasteiger partial charge in [0.25, 0.3) is 5.91 Å². The number of carbonyl (C=O) groups is 1. The molecule has 0 radical (unpaired) electrons. The molecule has 3 aromatic rings. The maximum Gasteiger partial charge on any atom is 0.257 e. The molecule has 1 heterocycles. The summed E-state index contributed by atoms with van der Waals surface area (Å²) in [6.07, 6.45) is 0.663. The Balaban J connectivity index is 1.47. The molecule has 7 nitrogen and oxygen atoms in total. The fourth-order valence-electron chi connectivity index (χ4n) is 2.77. The Morgan fingerprint density at radius 2 is 1.90 bits per heavy atom. The van der Waals surface area contributed by atoms with Crippen LogP contribution in [0.1, 0.15) is 5.56 Å². The minimum Gasteiger partial charge on any atom is -0.493 e. The number of anilines is 1. The van der Waals surface area contributed by atoms with E-state index in [1.165, 1.54) is 11.3 Å². The lowest BCUT2D eigenvalue weighted by atomic mass is 10.1. The number of hydrogen-bond donors (Lipinski definition) is 2. The van der Waals surface area contributed by atoms with Gasteiger partial charge in [0.05, 0.1) is 31.1 Å². The predicted octanol–water partition coefficient (Wildman–Crippen LogP) is 3.15. The second-order valence-electron chi connectivity index (χ2n) is 6.20. The summed E-state index contributed by atoms with van der Waals surface area (Å²) in [5.41, 5.74) is 11.1. The number of nitrogens with one attached hydrogen (secondary N) is 1. The van der Waals surface area contributed by atoms with Gasteiger partial charge in [-0.15, -0.1) is 11.3 Å². The molecule has 3 rings (SSSR count). The normalized spacial score (nSPS) is 10.4. The summed E-state index contributed by atoms with van der Waals surface area (Å²) >= 11 is 1.52. The van der Waals surface area contributed by atoms with E-state index in [1.807, 2.05) is 29.6 Å². The largest absolute Gasteiger partial charge is 0.493 e. The van der Waals surface area contributed by atoms with Crippen molar-refractivity contribution >= 4 is 22.9 Å². The number of hydrogen-bond acceptors (Lipinski definition) is 7. The molecular weight excluding hydrogens is 390 g/mol. The first-order valence-electron chi connectivity index (χ1n) is 8.99. The molecule has 3 N–H and O–H groups in total. The molecule has 152 valence electrons. The smallest absolute Gasteiger partial charge is 0.257 e. The van der Waals surface area contributed by atoms with Crippen molar-refractivity contribution in [1.29, 1.82) is 0 Å². The summed E-state index contributed by atoms with van der Waals surface area (Å²) in [7, 11) is 3.19. The second kappa shape index (κ2) is 9.79. The Kier molecular flexibility index (Phi) is 6.91. The Labute approximate surface area is 173 Å². The van der Waals surface area contributed by atoms with Crippen LogP contribution in [0.4, 0.5) is 5.69 Å². The zero-order chi connectivity index (χ0) is 20.6. The van der Waals surface area contributed by atoms with E-state index in [0.29, 0.717) is 35.9 Å². The Morgan fingerprint density at radius 3 is 2.59 bits per heavy atom. The van der Waals surface area contributed by atoms with Crippen LogP contribution in [0.2, 0.25) is 0 Å². The maximum atomic E-state index is 12.1. The van der Waals surface area contributed by atoms with E-state index in [1.54, 1.807) is 31.9 Å². The molecule has 0 saturated heterocycles. The molecule has 29 heavy (non-hydrogen) atoms. The van der Waals surface area contributed by atoms with Crippen molar-refractivity contribution in [1.82, 2.24) is 10.3 Å². The second-order valence-corrected chi connectivity index (χ2v) is 6.92. The summed E-state index contributed by atoms with van der Waals surface area (Å²) < 4.78 is 16.1. The SMILES string of the molecule is COc1ccc(CCNC(=O)COc2ccc(-c3cscn3)cc2N)cc1OC. The quantitative estimate of drug-likeness (QED) is 0.523. The van der Waals surface area contributed by atoms with Gasteiger partial charge in [-0.2, -0.15) is 0 Å². The average Bonchev–Trinajstić information content (AvgIpc) is 3.27. The van der Waals surface area contributed by atoms with Crippen LogP contribution in [0.15, 0.2) is 47.3 Å². The van der Waals surface area contributed by atoms with Crippen LogP contribution in [0.3, 0.4) is 0 Å². The third kappa shape index (κ3) is 5.39. The number of rotatable bonds is 9. The van der Waals surface area contributed by atoms with Gasteiger partial charge in [0.1, 0.15) is 5.75 Å². The zero-order valence-corrected chi connectivity index (χ0v) is 17.1. The summed E-state index contributed by atoms with van der Waals surface area (Å²) in [5.74, 6) is 1.59. The number of carbonyl (C=O) groups excluding carboxylic acids is 1. The van der Waals surface area contributed by atoms with Crippen molar-refractivity contribution in [3.8, 4) is 28.5 Å². The highest BCUT2D eigenvalue weighted by Gasteiger charge is 2.09. The van der Waals surface area contributed by atoms with Crippen molar-refractivity contribution in [2.45, 2.75) is 6.42 Å². The standard InChI is InChI=1S/C21H23N3O4S/c1-26-19-5-3-14(9-20(19)27-2)7-8-23-21(25)11-28-18-6-4-15(10-16(18)22)17-12-29-13-24-17/h3-6,9-10,12-13H,7-8,11,22H2,1-2H3,(H,23,25). The van der Waals surface area contributed by atoms with Gasteiger partial charge in [0.2, 0.25) is 0 Å². The summed E-state index contributed by atoms with van der Waals surface area (Å²) in [6, 6.07) is 11.1. The van der Waals surface area contributed by atoms with E-state index in [0.717, 1.165) is 16.8 Å². The number of nitrogens with zero attached hydrogens (tertiary/aromatic N) is 1. The average molecular weight is 413 g/mol. The van der Waals surface area contributed by atoms with Crippen LogP contribution in [0, 0.1) is 0 Å². The lowest BCUT2D eigenvalue weighted by Crippen LogP contribution is -2.30. The van der Waals surface area contributed by atoms with E-state index < -0.39 is 0 Å². The fraction of sp³-hybridized carbons (Fsp3) is 0.238. The van der Waals surface area contributed by atoms with Gasteiger partial charge in [0, 0.05) is 17.5 Å². The van der Waals surface area contributed by atoms with Crippen LogP contribution in [0.5, 0.6) is 17.2 Å². The van der Waals surface area contributed by atoms with Crippen LogP contribution in [-0.4, -0.2) is 38.3 Å². The summed E-state index contributed by atoms with van der Waals surface area (Å²) in [6.45, 7) is 0.377. The van der Waals surface area contributed by atoms with Gasteiger partial charge >= 0.3 is 0 Å². The van der Waals surface area contributed by atoms with Crippen LogP contribution in [-0.2, 0) is 11.2 Å². The highest BCUT2D eigenvalue weighted by molar-refractivity contribution is 7.07. The highest BCUT2D eigenvalue weighted by atomic mass is 32.1. The van der Waals surface area contributed by atoms with Crippen molar-refractivity contribution < 1.29 is 19.0 Å². The first-order chi connectivity index (χ1) is 14.1. The summed E-state index contributed by atoms with van der Waals surface area (Å²) in [5, 5.41) is 4.78. The van der Waals surface area contributed by atoms with Gasteiger partial charge in [-0.3, -0.25) is 4.79 Å². The first-order valence-corrected chi connectivity index (χ1v) is 9.93. The number of thiazole rings is 1. The lowest BCUT2D eigenvalue weighted by Gasteiger charge is -2.11. The highest BCUT2D eigenvalue weighted by Crippen LogP contribution is 2.29. The molecular formula is C21H23N3O4S.